The summed E-state index contributed by atoms with van der Waals surface area (Å²) in [6.07, 6.45) is 2.74. The molecule has 0 bridgehead atoms. The third-order valence-corrected chi connectivity index (χ3v) is 3.53. The summed E-state index contributed by atoms with van der Waals surface area (Å²) in [4.78, 5) is 6.35. The molecule has 2 rings (SSSR count). The molecular formula is C12H16N4OS. The van der Waals surface area contributed by atoms with Crippen LogP contribution in [0.15, 0.2) is 24.4 Å². The molecule has 2 heterocycles. The fourth-order valence-electron chi connectivity index (χ4n) is 1.50. The SMILES string of the molecule is COCCCN(C)c1nnc(-c2ccccn2)s1. The van der Waals surface area contributed by atoms with E-state index in [-0.39, 0.29) is 0 Å². The molecule has 0 radical (unpaired) electrons. The van der Waals surface area contributed by atoms with Gasteiger partial charge < -0.3 is 9.64 Å². The van der Waals surface area contributed by atoms with Crippen molar-refractivity contribution in [3.05, 3.63) is 24.4 Å². The van der Waals surface area contributed by atoms with Gasteiger partial charge in [0.25, 0.3) is 0 Å². The van der Waals surface area contributed by atoms with Gasteiger partial charge >= 0.3 is 0 Å². The largest absolute Gasteiger partial charge is 0.385 e. The van der Waals surface area contributed by atoms with Crippen molar-refractivity contribution in [3.8, 4) is 10.7 Å². The number of ether oxygens (including phenoxy) is 1. The van der Waals surface area contributed by atoms with Crippen LogP contribution in [0.2, 0.25) is 0 Å². The van der Waals surface area contributed by atoms with Crippen LogP contribution in [0.3, 0.4) is 0 Å². The van der Waals surface area contributed by atoms with Crippen LogP contribution in [0.25, 0.3) is 10.7 Å². The van der Waals surface area contributed by atoms with Crippen LogP contribution in [0.5, 0.6) is 0 Å². The molecule has 0 amide bonds. The molecule has 0 aromatic carbocycles. The highest BCUT2D eigenvalue weighted by molar-refractivity contribution is 7.18. The van der Waals surface area contributed by atoms with E-state index in [0.717, 1.165) is 35.4 Å². The van der Waals surface area contributed by atoms with Crippen LogP contribution in [-0.4, -0.2) is 42.5 Å². The third kappa shape index (κ3) is 3.24. The van der Waals surface area contributed by atoms with E-state index in [9.17, 15) is 0 Å². The molecule has 0 saturated carbocycles. The Bertz CT molecular complexity index is 474. The van der Waals surface area contributed by atoms with Gasteiger partial charge in [0.05, 0.1) is 0 Å². The van der Waals surface area contributed by atoms with Crippen molar-refractivity contribution in [2.24, 2.45) is 0 Å². The van der Waals surface area contributed by atoms with Crippen LogP contribution >= 0.6 is 11.3 Å². The minimum atomic E-state index is 0.760. The maximum atomic E-state index is 5.03. The summed E-state index contributed by atoms with van der Waals surface area (Å²) in [6.45, 7) is 1.67. The maximum absolute atomic E-state index is 5.03. The van der Waals surface area contributed by atoms with E-state index >= 15 is 0 Å². The van der Waals surface area contributed by atoms with Gasteiger partial charge in [0.15, 0.2) is 5.01 Å². The summed E-state index contributed by atoms with van der Waals surface area (Å²) in [5.74, 6) is 0. The number of hydrogen-bond acceptors (Lipinski definition) is 6. The quantitative estimate of drug-likeness (QED) is 0.748. The molecule has 0 spiro atoms. The van der Waals surface area contributed by atoms with E-state index in [1.54, 1.807) is 24.6 Å². The van der Waals surface area contributed by atoms with Crippen molar-refractivity contribution in [1.29, 1.82) is 0 Å². The number of nitrogens with zero attached hydrogens (tertiary/aromatic N) is 4. The molecule has 0 atom stereocenters. The average Bonchev–Trinajstić information content (AvgIpc) is 2.89. The van der Waals surface area contributed by atoms with E-state index in [1.165, 1.54) is 0 Å². The van der Waals surface area contributed by atoms with Crippen molar-refractivity contribution < 1.29 is 4.74 Å². The first-order chi connectivity index (χ1) is 8.81. The number of rotatable bonds is 6. The summed E-state index contributed by atoms with van der Waals surface area (Å²) in [5.41, 5.74) is 0.867. The zero-order chi connectivity index (χ0) is 12.8. The van der Waals surface area contributed by atoms with E-state index < -0.39 is 0 Å². The molecule has 0 fully saturated rings. The molecular weight excluding hydrogens is 248 g/mol. The molecule has 2 aromatic heterocycles. The molecule has 0 aliphatic rings. The molecule has 5 nitrogen and oxygen atoms in total. The molecule has 18 heavy (non-hydrogen) atoms. The van der Waals surface area contributed by atoms with Crippen LogP contribution < -0.4 is 4.90 Å². The molecule has 2 aromatic rings. The van der Waals surface area contributed by atoms with Crippen molar-refractivity contribution in [2.75, 3.05) is 32.2 Å². The highest BCUT2D eigenvalue weighted by Gasteiger charge is 2.10. The predicted molar refractivity (Wildman–Crippen MR) is 72.9 cm³/mol. The van der Waals surface area contributed by atoms with Crippen LogP contribution in [-0.2, 0) is 4.74 Å². The fraction of sp³-hybridized carbons (Fsp3) is 0.417. The molecule has 96 valence electrons. The number of pyridine rings is 1. The van der Waals surface area contributed by atoms with Crippen molar-refractivity contribution in [2.45, 2.75) is 6.42 Å². The average molecular weight is 264 g/mol. The lowest BCUT2D eigenvalue weighted by molar-refractivity contribution is 0.196. The Balaban J connectivity index is 2.02. The van der Waals surface area contributed by atoms with Gasteiger partial charge in [-0.15, -0.1) is 10.2 Å². The fourth-order valence-corrected chi connectivity index (χ4v) is 2.31. The second kappa shape index (κ2) is 6.42. The van der Waals surface area contributed by atoms with Crippen molar-refractivity contribution in [3.63, 3.8) is 0 Å². The van der Waals surface area contributed by atoms with Crippen LogP contribution in [0.1, 0.15) is 6.42 Å². The number of methoxy groups -OCH3 is 1. The van der Waals surface area contributed by atoms with Gasteiger partial charge in [0, 0.05) is 33.5 Å². The van der Waals surface area contributed by atoms with Gasteiger partial charge in [0.1, 0.15) is 5.69 Å². The molecule has 0 N–H and O–H groups in total. The first kappa shape index (κ1) is 12.9. The lowest BCUT2D eigenvalue weighted by Gasteiger charge is -2.13. The summed E-state index contributed by atoms with van der Waals surface area (Å²) in [7, 11) is 3.72. The third-order valence-electron chi connectivity index (χ3n) is 2.47. The van der Waals surface area contributed by atoms with Gasteiger partial charge in [-0.3, -0.25) is 4.98 Å². The van der Waals surface area contributed by atoms with Crippen molar-refractivity contribution in [1.82, 2.24) is 15.2 Å². The van der Waals surface area contributed by atoms with Gasteiger partial charge in [0.2, 0.25) is 5.13 Å². The number of hydrogen-bond donors (Lipinski definition) is 0. The lowest BCUT2D eigenvalue weighted by atomic mass is 10.4. The molecule has 0 aliphatic carbocycles. The zero-order valence-electron chi connectivity index (χ0n) is 10.5. The topological polar surface area (TPSA) is 51.1 Å². The second-order valence-electron chi connectivity index (χ2n) is 3.87. The lowest BCUT2D eigenvalue weighted by Crippen LogP contribution is -2.19. The normalized spacial score (nSPS) is 10.6. The van der Waals surface area contributed by atoms with E-state index in [4.69, 9.17) is 4.74 Å². The first-order valence-corrected chi connectivity index (χ1v) is 6.58. The predicted octanol–water partition coefficient (Wildman–Crippen LogP) is 2.07. The standard InChI is InChI=1S/C12H16N4OS/c1-16(8-5-9-17-2)12-15-14-11(18-12)10-6-3-4-7-13-10/h3-4,6-7H,5,8-9H2,1-2H3. The Kier molecular flexibility index (Phi) is 4.60. The van der Waals surface area contributed by atoms with E-state index in [2.05, 4.69) is 20.1 Å². The van der Waals surface area contributed by atoms with Gasteiger partial charge in [-0.25, -0.2) is 0 Å². The molecule has 0 aliphatic heterocycles. The van der Waals surface area contributed by atoms with Crippen LogP contribution in [0.4, 0.5) is 5.13 Å². The minimum absolute atomic E-state index is 0.760. The number of anilines is 1. The number of aromatic nitrogens is 3. The Morgan fingerprint density at radius 2 is 2.22 bits per heavy atom. The summed E-state index contributed by atoms with van der Waals surface area (Å²) in [6, 6.07) is 5.78. The van der Waals surface area contributed by atoms with E-state index in [1.807, 2.05) is 25.2 Å². The Morgan fingerprint density at radius 1 is 1.33 bits per heavy atom. The van der Waals surface area contributed by atoms with Gasteiger partial charge in [-0.1, -0.05) is 17.4 Å². The zero-order valence-corrected chi connectivity index (χ0v) is 11.4. The first-order valence-electron chi connectivity index (χ1n) is 5.76. The maximum Gasteiger partial charge on any atom is 0.208 e. The van der Waals surface area contributed by atoms with E-state index in [0.29, 0.717) is 0 Å². The van der Waals surface area contributed by atoms with Gasteiger partial charge in [-0.2, -0.15) is 0 Å². The van der Waals surface area contributed by atoms with Crippen LogP contribution in [0, 0.1) is 0 Å². The second-order valence-corrected chi connectivity index (χ2v) is 4.83. The summed E-state index contributed by atoms with van der Waals surface area (Å²) in [5, 5.41) is 10.1. The monoisotopic (exact) mass is 264 g/mol. The highest BCUT2D eigenvalue weighted by atomic mass is 32.1. The molecule has 0 unspecified atom stereocenters. The van der Waals surface area contributed by atoms with Gasteiger partial charge in [-0.05, 0) is 18.6 Å². The van der Waals surface area contributed by atoms with Crippen molar-refractivity contribution >= 4 is 16.5 Å². The Labute approximate surface area is 110 Å². The Morgan fingerprint density at radius 3 is 2.94 bits per heavy atom. The summed E-state index contributed by atoms with van der Waals surface area (Å²) >= 11 is 1.55. The molecule has 0 saturated heterocycles. The smallest absolute Gasteiger partial charge is 0.208 e. The minimum Gasteiger partial charge on any atom is -0.385 e. The molecule has 6 heteroatoms. The summed E-state index contributed by atoms with van der Waals surface area (Å²) < 4.78 is 5.03. The Hall–Kier alpha value is -1.53. The highest BCUT2D eigenvalue weighted by Crippen LogP contribution is 2.26.